The molecule has 0 spiro atoms. The molecule has 1 rings (SSSR count). The van der Waals surface area contributed by atoms with Gasteiger partial charge in [0, 0.05) is 11.5 Å². The second-order valence-electron chi connectivity index (χ2n) is 2.83. The van der Waals surface area contributed by atoms with Crippen molar-refractivity contribution in [3.63, 3.8) is 0 Å². The lowest BCUT2D eigenvalue weighted by atomic mass is 10.0. The van der Waals surface area contributed by atoms with Crippen LogP contribution in [0.5, 0.6) is 0 Å². The lowest BCUT2D eigenvalue weighted by Gasteiger charge is -2.24. The zero-order valence-electron chi connectivity index (χ0n) is 6.54. The van der Waals surface area contributed by atoms with E-state index in [2.05, 4.69) is 0 Å². The molecule has 0 saturated carbocycles. The van der Waals surface area contributed by atoms with Gasteiger partial charge in [-0.3, -0.25) is 0 Å². The van der Waals surface area contributed by atoms with Crippen molar-refractivity contribution in [1.82, 2.24) is 0 Å². The zero-order valence-corrected chi connectivity index (χ0v) is 6.54. The van der Waals surface area contributed by atoms with E-state index < -0.39 is 5.97 Å². The number of hydrogen-bond acceptors (Lipinski definition) is 2. The minimum Gasteiger partial charge on any atom is -0.478 e. The Morgan fingerprint density at radius 1 is 1.73 bits per heavy atom. The predicted octanol–water partition coefficient (Wildman–Crippen LogP) is 1.05. The molecule has 1 fully saturated rings. The summed E-state index contributed by atoms with van der Waals surface area (Å²) in [4.78, 5) is 10.3. The molecule has 0 atom stereocenters. The van der Waals surface area contributed by atoms with Gasteiger partial charge < -0.3 is 9.84 Å². The quantitative estimate of drug-likeness (QED) is 0.621. The molecule has 1 heterocycles. The molecule has 0 amide bonds. The highest BCUT2D eigenvalue weighted by atomic mass is 16.5. The molecule has 0 aromatic heterocycles. The fraction of sp³-hybridized carbons (Fsp3) is 0.625. The van der Waals surface area contributed by atoms with Crippen molar-refractivity contribution in [3.05, 3.63) is 11.6 Å². The van der Waals surface area contributed by atoms with Gasteiger partial charge in [0.1, 0.15) is 0 Å². The third-order valence-corrected chi connectivity index (χ3v) is 1.80. The molecule has 1 aliphatic heterocycles. The standard InChI is InChI=1S/C8H12O3/c1-6(8(9)10)2-3-7-4-11-5-7/h2,7H,3-5H2,1H3,(H,9,10). The molecule has 1 aliphatic rings. The van der Waals surface area contributed by atoms with Crippen LogP contribution in [0.15, 0.2) is 11.6 Å². The van der Waals surface area contributed by atoms with Crippen LogP contribution in [0, 0.1) is 5.92 Å². The molecule has 62 valence electrons. The number of ether oxygens (including phenoxy) is 1. The van der Waals surface area contributed by atoms with E-state index >= 15 is 0 Å². The van der Waals surface area contributed by atoms with Gasteiger partial charge >= 0.3 is 5.97 Å². The van der Waals surface area contributed by atoms with Crippen LogP contribution < -0.4 is 0 Å². The van der Waals surface area contributed by atoms with Crippen molar-refractivity contribution in [2.45, 2.75) is 13.3 Å². The van der Waals surface area contributed by atoms with Gasteiger partial charge in [-0.1, -0.05) is 6.08 Å². The first kappa shape index (κ1) is 8.27. The fourth-order valence-corrected chi connectivity index (χ4v) is 0.851. The summed E-state index contributed by atoms with van der Waals surface area (Å²) in [5, 5.41) is 8.49. The van der Waals surface area contributed by atoms with E-state index in [1.165, 1.54) is 0 Å². The number of carboxylic acid groups (broad SMARTS) is 1. The molecule has 3 nitrogen and oxygen atoms in total. The average molecular weight is 156 g/mol. The Balaban J connectivity index is 2.27. The van der Waals surface area contributed by atoms with Gasteiger partial charge in [0.2, 0.25) is 0 Å². The van der Waals surface area contributed by atoms with Crippen LogP contribution in [0.2, 0.25) is 0 Å². The molecular formula is C8H12O3. The number of carboxylic acids is 1. The highest BCUT2D eigenvalue weighted by Crippen LogP contribution is 2.15. The van der Waals surface area contributed by atoms with Crippen molar-refractivity contribution in [3.8, 4) is 0 Å². The molecule has 0 unspecified atom stereocenters. The van der Waals surface area contributed by atoms with Gasteiger partial charge in [-0.15, -0.1) is 0 Å². The number of aliphatic carboxylic acids is 1. The van der Waals surface area contributed by atoms with Crippen LogP contribution in [0.3, 0.4) is 0 Å². The lowest BCUT2D eigenvalue weighted by Crippen LogP contribution is -2.26. The van der Waals surface area contributed by atoms with Crippen molar-refractivity contribution in [2.24, 2.45) is 5.92 Å². The van der Waals surface area contributed by atoms with E-state index in [1.54, 1.807) is 13.0 Å². The lowest BCUT2D eigenvalue weighted by molar-refractivity contribution is -0.132. The molecule has 0 radical (unpaired) electrons. The molecule has 0 aliphatic carbocycles. The summed E-state index contributed by atoms with van der Waals surface area (Å²) >= 11 is 0. The monoisotopic (exact) mass is 156 g/mol. The van der Waals surface area contributed by atoms with Crippen LogP contribution >= 0.6 is 0 Å². The average Bonchev–Trinajstić information content (AvgIpc) is 1.83. The molecule has 3 heteroatoms. The van der Waals surface area contributed by atoms with E-state index in [4.69, 9.17) is 9.84 Å². The molecule has 0 aromatic rings. The van der Waals surface area contributed by atoms with E-state index in [9.17, 15) is 4.79 Å². The molecule has 0 bridgehead atoms. The Morgan fingerprint density at radius 2 is 2.36 bits per heavy atom. The third-order valence-electron chi connectivity index (χ3n) is 1.80. The Labute approximate surface area is 65.7 Å². The Morgan fingerprint density at radius 3 is 2.73 bits per heavy atom. The molecule has 1 saturated heterocycles. The Hall–Kier alpha value is -0.830. The van der Waals surface area contributed by atoms with Gasteiger partial charge in [-0.05, 0) is 13.3 Å². The second-order valence-corrected chi connectivity index (χ2v) is 2.83. The topological polar surface area (TPSA) is 46.5 Å². The predicted molar refractivity (Wildman–Crippen MR) is 40.3 cm³/mol. The second kappa shape index (κ2) is 3.53. The highest BCUT2D eigenvalue weighted by Gasteiger charge is 2.16. The van der Waals surface area contributed by atoms with Crippen molar-refractivity contribution >= 4 is 5.97 Å². The number of allylic oxidation sites excluding steroid dienone is 1. The fourth-order valence-electron chi connectivity index (χ4n) is 0.851. The number of hydrogen-bond donors (Lipinski definition) is 1. The summed E-state index contributed by atoms with van der Waals surface area (Å²) in [6.07, 6.45) is 2.59. The summed E-state index contributed by atoms with van der Waals surface area (Å²) in [6.45, 7) is 3.18. The molecule has 1 N–H and O–H groups in total. The van der Waals surface area contributed by atoms with Gasteiger partial charge in [0.15, 0.2) is 0 Å². The smallest absolute Gasteiger partial charge is 0.330 e. The first-order valence-electron chi connectivity index (χ1n) is 3.68. The van der Waals surface area contributed by atoms with Gasteiger partial charge in [-0.2, -0.15) is 0 Å². The van der Waals surface area contributed by atoms with Crippen LogP contribution in [0.25, 0.3) is 0 Å². The maximum Gasteiger partial charge on any atom is 0.330 e. The third kappa shape index (κ3) is 2.35. The molecule has 0 aromatic carbocycles. The van der Waals surface area contributed by atoms with Gasteiger partial charge in [0.25, 0.3) is 0 Å². The number of rotatable bonds is 3. The first-order valence-corrected chi connectivity index (χ1v) is 3.68. The van der Waals surface area contributed by atoms with E-state index in [0.717, 1.165) is 19.6 Å². The minimum absolute atomic E-state index is 0.428. The molecule has 11 heavy (non-hydrogen) atoms. The summed E-state index contributed by atoms with van der Waals surface area (Å²) in [5.41, 5.74) is 0.428. The Kier molecular flexibility index (Phi) is 2.65. The SMILES string of the molecule is CC(=CCC1COC1)C(=O)O. The van der Waals surface area contributed by atoms with Crippen molar-refractivity contribution in [1.29, 1.82) is 0 Å². The summed E-state index contributed by atoms with van der Waals surface area (Å²) in [6, 6.07) is 0. The van der Waals surface area contributed by atoms with Gasteiger partial charge in [0.05, 0.1) is 13.2 Å². The summed E-state index contributed by atoms with van der Waals surface area (Å²) in [7, 11) is 0. The van der Waals surface area contributed by atoms with Crippen molar-refractivity contribution < 1.29 is 14.6 Å². The zero-order chi connectivity index (χ0) is 8.27. The first-order chi connectivity index (χ1) is 5.20. The van der Waals surface area contributed by atoms with E-state index in [0.29, 0.717) is 11.5 Å². The van der Waals surface area contributed by atoms with Crippen LogP contribution in [-0.4, -0.2) is 24.3 Å². The van der Waals surface area contributed by atoms with Crippen LogP contribution in [0.4, 0.5) is 0 Å². The maximum absolute atomic E-state index is 10.3. The van der Waals surface area contributed by atoms with Crippen LogP contribution in [0.1, 0.15) is 13.3 Å². The normalized spacial score (nSPS) is 19.5. The van der Waals surface area contributed by atoms with Crippen LogP contribution in [-0.2, 0) is 9.53 Å². The van der Waals surface area contributed by atoms with E-state index in [1.807, 2.05) is 0 Å². The van der Waals surface area contributed by atoms with Gasteiger partial charge in [-0.25, -0.2) is 4.79 Å². The van der Waals surface area contributed by atoms with Crippen molar-refractivity contribution in [2.75, 3.05) is 13.2 Å². The molecular weight excluding hydrogens is 144 g/mol. The summed E-state index contributed by atoms with van der Waals surface area (Å²) in [5.74, 6) is -0.283. The number of carbonyl (C=O) groups is 1. The maximum atomic E-state index is 10.3. The Bertz CT molecular complexity index is 180. The van der Waals surface area contributed by atoms with E-state index in [-0.39, 0.29) is 0 Å². The summed E-state index contributed by atoms with van der Waals surface area (Å²) < 4.78 is 4.95. The highest BCUT2D eigenvalue weighted by molar-refractivity contribution is 5.85. The largest absolute Gasteiger partial charge is 0.478 e. The minimum atomic E-state index is -0.828.